The van der Waals surface area contributed by atoms with Gasteiger partial charge in [-0.3, -0.25) is 0 Å². The van der Waals surface area contributed by atoms with E-state index < -0.39 is 11.8 Å². The van der Waals surface area contributed by atoms with Crippen molar-refractivity contribution in [3.05, 3.63) is 53.3 Å². The zero-order valence-corrected chi connectivity index (χ0v) is 10.9. The van der Waals surface area contributed by atoms with Crippen molar-refractivity contribution in [2.75, 3.05) is 5.32 Å². The Bertz CT molecular complexity index is 801. The summed E-state index contributed by atoms with van der Waals surface area (Å²) in [5.74, 6) is -1.78. The highest BCUT2D eigenvalue weighted by Gasteiger charge is 2.14. The predicted octanol–water partition coefficient (Wildman–Crippen LogP) is 3.88. The number of aromatic nitrogens is 1. The fraction of sp³-hybridized carbons (Fsp3) is 0. The van der Waals surface area contributed by atoms with Crippen LogP contribution in [0.4, 0.5) is 15.8 Å². The number of fused-ring (bicyclic) bond motifs is 1. The van der Waals surface area contributed by atoms with E-state index >= 15 is 0 Å². The molecule has 0 aliphatic heterocycles. The van der Waals surface area contributed by atoms with Crippen molar-refractivity contribution in [2.24, 2.45) is 0 Å². The van der Waals surface area contributed by atoms with E-state index in [0.29, 0.717) is 5.69 Å². The van der Waals surface area contributed by atoms with E-state index in [1.165, 1.54) is 29.5 Å². The summed E-state index contributed by atoms with van der Waals surface area (Å²) in [5.41, 5.74) is 3.06. The van der Waals surface area contributed by atoms with Gasteiger partial charge in [-0.25, -0.2) is 14.2 Å². The summed E-state index contributed by atoms with van der Waals surface area (Å²) in [5, 5.41) is 11.9. The highest BCUT2D eigenvalue weighted by atomic mass is 32.1. The Balaban J connectivity index is 2.04. The number of thiazole rings is 1. The molecule has 0 aliphatic rings. The number of rotatable bonds is 3. The van der Waals surface area contributed by atoms with Gasteiger partial charge in [0.2, 0.25) is 0 Å². The lowest BCUT2D eigenvalue weighted by molar-refractivity contribution is 0.0697. The summed E-state index contributed by atoms with van der Waals surface area (Å²) in [6.45, 7) is 0. The number of hydrogen-bond donors (Lipinski definition) is 2. The number of carbonyl (C=O) groups is 1. The Kier molecular flexibility index (Phi) is 3.08. The second kappa shape index (κ2) is 4.90. The highest BCUT2D eigenvalue weighted by molar-refractivity contribution is 7.16. The van der Waals surface area contributed by atoms with Crippen molar-refractivity contribution < 1.29 is 14.3 Å². The number of para-hydroxylation sites is 1. The van der Waals surface area contributed by atoms with Crippen LogP contribution in [0.5, 0.6) is 0 Å². The normalized spacial score (nSPS) is 10.7. The fourth-order valence-electron chi connectivity index (χ4n) is 1.91. The first-order valence-electron chi connectivity index (χ1n) is 5.77. The minimum atomic E-state index is -1.18. The average Bonchev–Trinajstić information content (AvgIpc) is 2.88. The first kappa shape index (κ1) is 12.6. The lowest BCUT2D eigenvalue weighted by atomic mass is 10.1. The summed E-state index contributed by atoms with van der Waals surface area (Å²) < 4.78 is 14.8. The molecule has 0 aliphatic carbocycles. The molecule has 0 bridgehead atoms. The van der Waals surface area contributed by atoms with Crippen LogP contribution in [0, 0.1) is 5.82 Å². The Hall–Kier alpha value is -2.47. The molecule has 3 rings (SSSR count). The van der Waals surface area contributed by atoms with Crippen molar-refractivity contribution in [2.45, 2.75) is 0 Å². The van der Waals surface area contributed by atoms with Gasteiger partial charge >= 0.3 is 5.97 Å². The quantitative estimate of drug-likeness (QED) is 0.767. The van der Waals surface area contributed by atoms with E-state index in [1.807, 2.05) is 6.07 Å². The van der Waals surface area contributed by atoms with Crippen LogP contribution in [0.1, 0.15) is 10.4 Å². The molecule has 6 heteroatoms. The number of nitrogens with one attached hydrogen (secondary N) is 1. The summed E-state index contributed by atoms with van der Waals surface area (Å²) in [6, 6.07) is 9.30. The summed E-state index contributed by atoms with van der Waals surface area (Å²) in [7, 11) is 0. The maximum Gasteiger partial charge on any atom is 0.337 e. The Morgan fingerprint density at radius 1 is 1.30 bits per heavy atom. The molecular formula is C14H9FN2O2S. The number of anilines is 2. The molecular weight excluding hydrogens is 279 g/mol. The molecule has 0 spiro atoms. The molecule has 2 N–H and O–H groups in total. The molecule has 20 heavy (non-hydrogen) atoms. The highest BCUT2D eigenvalue weighted by Crippen LogP contribution is 2.27. The zero-order valence-electron chi connectivity index (χ0n) is 10.1. The van der Waals surface area contributed by atoms with Crippen molar-refractivity contribution >= 4 is 38.9 Å². The number of halogens is 1. The van der Waals surface area contributed by atoms with Crippen LogP contribution in [0.3, 0.4) is 0 Å². The van der Waals surface area contributed by atoms with Gasteiger partial charge in [0.15, 0.2) is 0 Å². The SMILES string of the molecule is O=C(O)c1cccc(F)c1Nc1ccc2ncsc2c1. The minimum Gasteiger partial charge on any atom is -0.478 e. The number of carboxylic acids is 1. The summed E-state index contributed by atoms with van der Waals surface area (Å²) in [6.07, 6.45) is 0. The predicted molar refractivity (Wildman–Crippen MR) is 76.3 cm³/mol. The van der Waals surface area contributed by atoms with Crippen molar-refractivity contribution in [1.82, 2.24) is 4.98 Å². The molecule has 0 saturated heterocycles. The van der Waals surface area contributed by atoms with E-state index in [9.17, 15) is 9.18 Å². The standard InChI is InChI=1S/C14H9FN2O2S/c15-10-3-1-2-9(14(18)19)13(10)17-8-4-5-11-12(6-8)20-7-16-11/h1-7,17H,(H,18,19). The fourth-order valence-corrected chi connectivity index (χ4v) is 2.62. The number of hydrogen-bond acceptors (Lipinski definition) is 4. The van der Waals surface area contributed by atoms with Gasteiger partial charge in [-0.15, -0.1) is 11.3 Å². The van der Waals surface area contributed by atoms with Crippen molar-refractivity contribution in [3.8, 4) is 0 Å². The Morgan fingerprint density at radius 3 is 2.95 bits per heavy atom. The molecule has 100 valence electrons. The maximum atomic E-state index is 13.8. The third-order valence-corrected chi connectivity index (χ3v) is 3.64. The number of aromatic carboxylic acids is 1. The average molecular weight is 288 g/mol. The van der Waals surface area contributed by atoms with E-state index in [0.717, 1.165) is 10.2 Å². The molecule has 4 nitrogen and oxygen atoms in total. The Morgan fingerprint density at radius 2 is 2.15 bits per heavy atom. The minimum absolute atomic E-state index is 0.0381. The molecule has 0 saturated carbocycles. The van der Waals surface area contributed by atoms with Gasteiger partial charge in [0.25, 0.3) is 0 Å². The van der Waals surface area contributed by atoms with Crippen LogP contribution in [0.25, 0.3) is 10.2 Å². The van der Waals surface area contributed by atoms with Crippen LogP contribution < -0.4 is 5.32 Å². The molecule has 0 amide bonds. The molecule has 1 heterocycles. The first-order valence-corrected chi connectivity index (χ1v) is 6.65. The Labute approximate surface area is 117 Å². The molecule has 0 fully saturated rings. The van der Waals surface area contributed by atoms with E-state index in [-0.39, 0.29) is 11.3 Å². The van der Waals surface area contributed by atoms with Gasteiger partial charge in [-0.1, -0.05) is 6.07 Å². The summed E-state index contributed by atoms with van der Waals surface area (Å²) >= 11 is 1.47. The van der Waals surface area contributed by atoms with E-state index in [4.69, 9.17) is 5.11 Å². The second-order valence-electron chi connectivity index (χ2n) is 4.13. The second-order valence-corrected chi connectivity index (χ2v) is 5.01. The number of carboxylic acid groups (broad SMARTS) is 1. The van der Waals surface area contributed by atoms with Crippen molar-refractivity contribution in [3.63, 3.8) is 0 Å². The third kappa shape index (κ3) is 2.21. The third-order valence-electron chi connectivity index (χ3n) is 2.84. The van der Waals surface area contributed by atoms with E-state index in [2.05, 4.69) is 10.3 Å². The van der Waals surface area contributed by atoms with Gasteiger partial charge in [0.05, 0.1) is 27.0 Å². The maximum absolute atomic E-state index is 13.8. The lowest BCUT2D eigenvalue weighted by Gasteiger charge is -2.10. The molecule has 2 aromatic carbocycles. The number of nitrogens with zero attached hydrogens (tertiary/aromatic N) is 1. The zero-order chi connectivity index (χ0) is 14.1. The molecule has 0 radical (unpaired) electrons. The molecule has 1 aromatic heterocycles. The summed E-state index contributed by atoms with van der Waals surface area (Å²) in [4.78, 5) is 15.3. The van der Waals surface area contributed by atoms with Gasteiger partial charge in [0, 0.05) is 5.69 Å². The van der Waals surface area contributed by atoms with E-state index in [1.54, 1.807) is 17.6 Å². The van der Waals surface area contributed by atoms with Crippen molar-refractivity contribution in [1.29, 1.82) is 0 Å². The lowest BCUT2D eigenvalue weighted by Crippen LogP contribution is -2.04. The van der Waals surface area contributed by atoms with Crippen LogP contribution in [-0.4, -0.2) is 16.1 Å². The van der Waals surface area contributed by atoms with Gasteiger partial charge in [-0.2, -0.15) is 0 Å². The van der Waals surface area contributed by atoms with Crippen LogP contribution in [-0.2, 0) is 0 Å². The van der Waals surface area contributed by atoms with Gasteiger partial charge < -0.3 is 10.4 Å². The smallest absolute Gasteiger partial charge is 0.337 e. The van der Waals surface area contributed by atoms with Crippen LogP contribution >= 0.6 is 11.3 Å². The van der Waals surface area contributed by atoms with Crippen LogP contribution in [0.15, 0.2) is 41.9 Å². The largest absolute Gasteiger partial charge is 0.478 e. The first-order chi connectivity index (χ1) is 9.65. The molecule has 0 atom stereocenters. The van der Waals surface area contributed by atoms with Crippen LogP contribution in [0.2, 0.25) is 0 Å². The molecule has 0 unspecified atom stereocenters. The van der Waals surface area contributed by atoms with Gasteiger partial charge in [0.1, 0.15) is 5.82 Å². The topological polar surface area (TPSA) is 62.2 Å². The number of benzene rings is 2. The van der Waals surface area contributed by atoms with Gasteiger partial charge in [-0.05, 0) is 30.3 Å². The molecule has 3 aromatic rings. The monoisotopic (exact) mass is 288 g/mol.